The normalized spacial score (nSPS) is 22.6. The molecule has 2 amide bonds. The first kappa shape index (κ1) is 18.2. The highest BCUT2D eigenvalue weighted by Gasteiger charge is 2.54. The van der Waals surface area contributed by atoms with Gasteiger partial charge in [-0.15, -0.1) is 23.1 Å². The second-order valence-corrected chi connectivity index (χ2v) is 7.48. The predicted molar refractivity (Wildman–Crippen MR) is 95.4 cm³/mol. The number of carbonyl (C=O) groups excluding carboxylic acids is 2. The van der Waals surface area contributed by atoms with Gasteiger partial charge in [-0.25, -0.2) is 9.78 Å². The number of nitrogen functional groups attached to an aromatic ring is 1. The highest BCUT2D eigenvalue weighted by Crippen LogP contribution is 2.40. The molecular weight excluding hydrogens is 382 g/mol. The van der Waals surface area contributed by atoms with Gasteiger partial charge in [0.2, 0.25) is 0 Å². The van der Waals surface area contributed by atoms with Gasteiger partial charge in [-0.05, 0) is 12.5 Å². The Bertz CT molecular complexity index is 849. The van der Waals surface area contributed by atoms with Crippen molar-refractivity contribution in [1.29, 1.82) is 0 Å². The minimum atomic E-state index is -1.16. The number of carbonyl (C=O) groups is 3. The summed E-state index contributed by atoms with van der Waals surface area (Å²) in [6.45, 7) is 1.67. The van der Waals surface area contributed by atoms with Gasteiger partial charge in [-0.1, -0.05) is 5.16 Å². The van der Waals surface area contributed by atoms with Crippen LogP contribution < -0.4 is 11.1 Å². The van der Waals surface area contributed by atoms with Gasteiger partial charge in [-0.3, -0.25) is 14.5 Å². The first-order valence-corrected chi connectivity index (χ1v) is 9.29. The number of β-lactam (4-membered cyclic amide) rings is 1. The van der Waals surface area contributed by atoms with E-state index in [9.17, 15) is 19.5 Å². The van der Waals surface area contributed by atoms with Crippen LogP contribution in [0.15, 0.2) is 21.8 Å². The highest BCUT2D eigenvalue weighted by atomic mass is 32.2. The molecule has 2 atom stereocenters. The lowest BCUT2D eigenvalue weighted by atomic mass is 10.0. The van der Waals surface area contributed by atoms with Crippen LogP contribution in [-0.2, 0) is 19.2 Å². The van der Waals surface area contributed by atoms with Gasteiger partial charge in [0, 0.05) is 11.1 Å². The van der Waals surface area contributed by atoms with Crippen LogP contribution in [0, 0.1) is 0 Å². The van der Waals surface area contributed by atoms with Gasteiger partial charge in [-0.2, -0.15) is 0 Å². The maximum Gasteiger partial charge on any atom is 0.352 e. The Hall–Kier alpha value is -2.60. The molecule has 0 aliphatic carbocycles. The molecule has 0 saturated carbocycles. The first-order valence-electron chi connectivity index (χ1n) is 7.36. The van der Waals surface area contributed by atoms with E-state index in [1.807, 2.05) is 0 Å². The number of nitrogens with one attached hydrogen (secondary N) is 1. The number of hydrogen-bond donors (Lipinski definition) is 3. The van der Waals surface area contributed by atoms with Crippen molar-refractivity contribution in [3.05, 3.63) is 22.3 Å². The average Bonchev–Trinajstić information content (AvgIpc) is 3.02. The Morgan fingerprint density at radius 2 is 2.27 bits per heavy atom. The van der Waals surface area contributed by atoms with Crippen LogP contribution in [0.4, 0.5) is 5.13 Å². The number of amides is 2. The van der Waals surface area contributed by atoms with Gasteiger partial charge in [0.05, 0.1) is 0 Å². The Morgan fingerprint density at radius 1 is 1.54 bits per heavy atom. The number of nitrogens with two attached hydrogens (primary N) is 1. The Morgan fingerprint density at radius 3 is 2.85 bits per heavy atom. The molecule has 138 valence electrons. The zero-order valence-electron chi connectivity index (χ0n) is 13.8. The number of carboxylic acids is 1. The molecule has 1 unspecified atom stereocenters. The van der Waals surface area contributed by atoms with Gasteiger partial charge >= 0.3 is 5.97 Å². The van der Waals surface area contributed by atoms with Crippen molar-refractivity contribution in [3.63, 3.8) is 0 Å². The van der Waals surface area contributed by atoms with E-state index in [2.05, 4.69) is 20.3 Å². The van der Waals surface area contributed by atoms with E-state index in [-0.39, 0.29) is 22.2 Å². The second-order valence-electron chi connectivity index (χ2n) is 5.49. The van der Waals surface area contributed by atoms with Crippen molar-refractivity contribution in [3.8, 4) is 0 Å². The largest absolute Gasteiger partial charge is 0.477 e. The summed E-state index contributed by atoms with van der Waals surface area (Å²) in [7, 11) is 1.28. The molecule has 3 heterocycles. The van der Waals surface area contributed by atoms with Gasteiger partial charge < -0.3 is 21.0 Å². The van der Waals surface area contributed by atoms with Gasteiger partial charge in [0.1, 0.15) is 29.9 Å². The van der Waals surface area contributed by atoms with Crippen LogP contribution >= 0.6 is 23.1 Å². The number of fused-ring (bicyclic) bond motifs is 1. The SMILES string of the molecule is CO/N=C(\C(=O)NC1C(=O)N2C(C(=O)O)=C(C)CS[C@@H]12)c1csc(N)n1. The maximum atomic E-state index is 12.5. The summed E-state index contributed by atoms with van der Waals surface area (Å²) in [4.78, 5) is 46.2. The van der Waals surface area contributed by atoms with E-state index in [0.717, 1.165) is 11.3 Å². The molecule has 0 bridgehead atoms. The third-order valence-electron chi connectivity index (χ3n) is 3.81. The number of anilines is 1. The molecule has 26 heavy (non-hydrogen) atoms. The molecule has 2 aliphatic heterocycles. The summed E-state index contributed by atoms with van der Waals surface area (Å²) >= 11 is 2.52. The van der Waals surface area contributed by atoms with Crippen molar-refractivity contribution in [2.75, 3.05) is 18.6 Å². The Balaban J connectivity index is 1.78. The molecule has 1 aromatic rings. The minimum absolute atomic E-state index is 0.0256. The third-order valence-corrected chi connectivity index (χ3v) is 5.91. The van der Waals surface area contributed by atoms with Crippen molar-refractivity contribution in [2.45, 2.75) is 18.3 Å². The van der Waals surface area contributed by atoms with Crippen molar-refractivity contribution >= 4 is 51.7 Å². The molecule has 2 aliphatic rings. The summed E-state index contributed by atoms with van der Waals surface area (Å²) in [5.74, 6) is -1.84. The number of rotatable bonds is 5. The molecule has 1 saturated heterocycles. The molecule has 0 spiro atoms. The number of hydrogen-bond acceptors (Lipinski definition) is 9. The zero-order valence-corrected chi connectivity index (χ0v) is 15.4. The first-order chi connectivity index (χ1) is 12.3. The lowest BCUT2D eigenvalue weighted by Gasteiger charge is -2.49. The molecule has 3 rings (SSSR count). The molecule has 0 aromatic carbocycles. The summed E-state index contributed by atoms with van der Waals surface area (Å²) in [5.41, 5.74) is 6.27. The van der Waals surface area contributed by atoms with E-state index in [1.54, 1.807) is 12.3 Å². The van der Waals surface area contributed by atoms with Crippen molar-refractivity contribution in [2.24, 2.45) is 5.16 Å². The topological polar surface area (TPSA) is 147 Å². The number of thioether (sulfide) groups is 1. The smallest absolute Gasteiger partial charge is 0.352 e. The summed E-state index contributed by atoms with van der Waals surface area (Å²) in [6, 6.07) is -0.854. The molecule has 1 fully saturated rings. The van der Waals surface area contributed by atoms with Crippen LogP contribution in [0.1, 0.15) is 12.6 Å². The fraction of sp³-hybridized carbons (Fsp3) is 0.357. The van der Waals surface area contributed by atoms with Gasteiger partial charge in [0.15, 0.2) is 10.8 Å². The van der Waals surface area contributed by atoms with Crippen LogP contribution in [0.3, 0.4) is 0 Å². The van der Waals surface area contributed by atoms with E-state index >= 15 is 0 Å². The Labute approximate surface area is 156 Å². The van der Waals surface area contributed by atoms with Crippen LogP contribution in [-0.4, -0.2) is 62.8 Å². The number of aromatic nitrogens is 1. The lowest BCUT2D eigenvalue weighted by Crippen LogP contribution is -2.71. The fourth-order valence-electron chi connectivity index (χ4n) is 2.68. The number of thiazole rings is 1. The average molecular weight is 397 g/mol. The number of aliphatic carboxylic acids is 1. The molecule has 4 N–H and O–H groups in total. The Kier molecular flexibility index (Phi) is 4.87. The van der Waals surface area contributed by atoms with Crippen LogP contribution in [0.25, 0.3) is 0 Å². The summed E-state index contributed by atoms with van der Waals surface area (Å²) < 4.78 is 0. The number of nitrogens with zero attached hydrogens (tertiary/aromatic N) is 3. The summed E-state index contributed by atoms with van der Waals surface area (Å²) in [5, 5.41) is 16.9. The number of oxime groups is 1. The second kappa shape index (κ2) is 6.96. The zero-order chi connectivity index (χ0) is 19.0. The van der Waals surface area contributed by atoms with E-state index in [1.165, 1.54) is 23.8 Å². The van der Waals surface area contributed by atoms with E-state index < -0.39 is 29.2 Å². The molecular formula is C14H15N5O5S2. The minimum Gasteiger partial charge on any atom is -0.477 e. The van der Waals surface area contributed by atoms with E-state index in [0.29, 0.717) is 11.3 Å². The molecule has 1 aromatic heterocycles. The lowest BCUT2D eigenvalue weighted by molar-refractivity contribution is -0.150. The third kappa shape index (κ3) is 3.01. The molecule has 10 nitrogen and oxygen atoms in total. The van der Waals surface area contributed by atoms with Crippen LogP contribution in [0.2, 0.25) is 0 Å². The number of carboxylic acid groups (broad SMARTS) is 1. The monoisotopic (exact) mass is 397 g/mol. The predicted octanol–water partition coefficient (Wildman–Crippen LogP) is -0.166. The fourth-order valence-corrected chi connectivity index (χ4v) is 4.52. The van der Waals surface area contributed by atoms with Gasteiger partial charge in [0.25, 0.3) is 11.8 Å². The quantitative estimate of drug-likeness (QED) is 0.353. The highest BCUT2D eigenvalue weighted by molar-refractivity contribution is 8.00. The van der Waals surface area contributed by atoms with E-state index in [4.69, 9.17) is 5.73 Å². The van der Waals surface area contributed by atoms with Crippen molar-refractivity contribution < 1.29 is 24.3 Å². The maximum absolute atomic E-state index is 12.5. The standard InChI is InChI=1S/C14H15N5O5S2/c1-5-3-25-12-8(11(21)19(12)9(5)13(22)23)17-10(20)7(18-24-2)6-4-26-14(15)16-6/h4,8,12H,3H2,1-2H3,(H2,15,16)(H,17,20)(H,22,23)/b18-7-/t8?,12-/m0/s1. The van der Waals surface area contributed by atoms with Crippen molar-refractivity contribution in [1.82, 2.24) is 15.2 Å². The molecule has 0 radical (unpaired) electrons. The summed E-state index contributed by atoms with van der Waals surface area (Å²) in [6.07, 6.45) is 0. The van der Waals surface area contributed by atoms with Crippen LogP contribution in [0.5, 0.6) is 0 Å². The molecule has 12 heteroatoms.